The van der Waals surface area contributed by atoms with Crippen LogP contribution >= 0.6 is 22.7 Å². The minimum atomic E-state index is -0.379. The first-order valence-corrected chi connectivity index (χ1v) is 11.9. The van der Waals surface area contributed by atoms with Gasteiger partial charge < -0.3 is 5.32 Å². The molecule has 0 aliphatic rings. The topological polar surface area (TPSA) is 81.1 Å². The van der Waals surface area contributed by atoms with Gasteiger partial charge in [0.2, 0.25) is 5.91 Å². The molecule has 33 heavy (non-hydrogen) atoms. The van der Waals surface area contributed by atoms with Gasteiger partial charge in [-0.2, -0.15) is 0 Å². The molecule has 0 aliphatic carbocycles. The summed E-state index contributed by atoms with van der Waals surface area (Å²) in [6, 6.07) is 19.6. The van der Waals surface area contributed by atoms with E-state index in [1.54, 1.807) is 59.9 Å². The Morgan fingerprint density at radius 3 is 2.55 bits per heavy atom. The predicted molar refractivity (Wildman–Crippen MR) is 132 cm³/mol. The van der Waals surface area contributed by atoms with Crippen molar-refractivity contribution in [3.63, 3.8) is 0 Å². The number of rotatable bonds is 6. The lowest BCUT2D eigenvalue weighted by Crippen LogP contribution is -2.27. The van der Waals surface area contributed by atoms with Crippen molar-refractivity contribution in [2.75, 3.05) is 5.32 Å². The number of hydrogen-bond acceptors (Lipinski definition) is 6. The minimum absolute atomic E-state index is 0.129. The molecule has 8 heteroatoms. The molecule has 0 fully saturated rings. The monoisotopic (exact) mass is 471 g/mol. The first-order chi connectivity index (χ1) is 16.1. The van der Waals surface area contributed by atoms with E-state index in [2.05, 4.69) is 10.3 Å². The van der Waals surface area contributed by atoms with Crippen LogP contribution in [0.2, 0.25) is 0 Å². The summed E-state index contributed by atoms with van der Waals surface area (Å²) >= 11 is 2.96. The lowest BCUT2D eigenvalue weighted by molar-refractivity contribution is -0.116. The fraction of sp³-hybridized carbons (Fsp3) is 0.0400. The van der Waals surface area contributed by atoms with Crippen molar-refractivity contribution in [1.29, 1.82) is 0 Å². The molecule has 0 saturated heterocycles. The Balaban J connectivity index is 1.37. The average Bonchev–Trinajstić information content (AvgIpc) is 3.51. The van der Waals surface area contributed by atoms with E-state index in [0.717, 1.165) is 10.4 Å². The molecule has 0 atom stereocenters. The lowest BCUT2D eigenvalue weighted by atomic mass is 10.0. The second kappa shape index (κ2) is 8.93. The second-order valence-electron chi connectivity index (χ2n) is 7.31. The Kier molecular flexibility index (Phi) is 5.68. The fourth-order valence-electron chi connectivity index (χ4n) is 3.54. The highest BCUT2D eigenvalue weighted by atomic mass is 32.1. The summed E-state index contributed by atoms with van der Waals surface area (Å²) in [5.41, 5.74) is 2.11. The third-order valence-corrected chi connectivity index (χ3v) is 6.90. The smallest absolute Gasteiger partial charge is 0.263 e. The maximum atomic E-state index is 13.1. The summed E-state index contributed by atoms with van der Waals surface area (Å²) in [5, 5.41) is 7.17. The number of hydrogen-bond donors (Lipinski definition) is 1. The molecule has 5 rings (SSSR count). The van der Waals surface area contributed by atoms with Crippen LogP contribution in [0, 0.1) is 0 Å². The molecule has 0 unspecified atom stereocenters. The zero-order valence-corrected chi connectivity index (χ0v) is 18.9. The van der Waals surface area contributed by atoms with Gasteiger partial charge in [-0.05, 0) is 23.6 Å². The van der Waals surface area contributed by atoms with Gasteiger partial charge in [0.1, 0.15) is 11.4 Å². The van der Waals surface area contributed by atoms with Crippen LogP contribution in [-0.2, 0) is 11.3 Å². The Bertz CT molecular complexity index is 1520. The number of carbonyl (C=O) groups is 2. The summed E-state index contributed by atoms with van der Waals surface area (Å²) in [6.07, 6.45) is 1.40. The number of amides is 1. The van der Waals surface area contributed by atoms with Crippen LogP contribution < -0.4 is 10.9 Å². The van der Waals surface area contributed by atoms with Crippen molar-refractivity contribution < 1.29 is 9.59 Å². The van der Waals surface area contributed by atoms with Crippen LogP contribution in [0.3, 0.4) is 0 Å². The van der Waals surface area contributed by atoms with E-state index < -0.39 is 0 Å². The molecule has 1 N–H and O–H groups in total. The van der Waals surface area contributed by atoms with Gasteiger partial charge in [-0.25, -0.2) is 4.98 Å². The number of thiophene rings is 2. The number of fused-ring (bicyclic) bond motifs is 1. The molecule has 1 amide bonds. The second-order valence-corrected chi connectivity index (χ2v) is 9.11. The molecule has 2 aromatic carbocycles. The minimum Gasteiger partial charge on any atom is -0.325 e. The Labute approximate surface area is 196 Å². The molecular weight excluding hydrogens is 454 g/mol. The van der Waals surface area contributed by atoms with Gasteiger partial charge in [-0.1, -0.05) is 48.5 Å². The van der Waals surface area contributed by atoms with Crippen molar-refractivity contribution in [3.8, 4) is 10.4 Å². The van der Waals surface area contributed by atoms with Gasteiger partial charge in [0.15, 0.2) is 5.78 Å². The van der Waals surface area contributed by atoms with E-state index in [1.165, 1.54) is 22.2 Å². The Hall–Kier alpha value is -3.88. The largest absolute Gasteiger partial charge is 0.325 e. The van der Waals surface area contributed by atoms with Crippen molar-refractivity contribution in [1.82, 2.24) is 9.55 Å². The van der Waals surface area contributed by atoms with E-state index in [-0.39, 0.29) is 23.8 Å². The van der Waals surface area contributed by atoms with E-state index in [0.29, 0.717) is 27.0 Å². The number of nitrogens with zero attached hydrogens (tertiary/aromatic N) is 2. The highest BCUT2D eigenvalue weighted by molar-refractivity contribution is 7.18. The van der Waals surface area contributed by atoms with Crippen molar-refractivity contribution in [2.24, 2.45) is 0 Å². The molecule has 0 bridgehead atoms. The van der Waals surface area contributed by atoms with Crippen LogP contribution in [0.5, 0.6) is 0 Å². The third kappa shape index (κ3) is 4.26. The fourth-order valence-corrected chi connectivity index (χ4v) is 5.26. The molecule has 6 nitrogen and oxygen atoms in total. The van der Waals surface area contributed by atoms with E-state index in [1.807, 2.05) is 29.0 Å². The molecule has 3 heterocycles. The summed E-state index contributed by atoms with van der Waals surface area (Å²) < 4.78 is 1.31. The third-order valence-electron chi connectivity index (χ3n) is 5.11. The number of anilines is 1. The first kappa shape index (κ1) is 21.0. The lowest BCUT2D eigenvalue weighted by Gasteiger charge is -2.09. The van der Waals surface area contributed by atoms with E-state index in [9.17, 15) is 14.4 Å². The van der Waals surface area contributed by atoms with Gasteiger partial charge in [0.05, 0.1) is 11.7 Å². The molecule has 0 aliphatic heterocycles. The summed E-state index contributed by atoms with van der Waals surface area (Å²) in [4.78, 5) is 44.5. The number of nitrogens with one attached hydrogen (secondary N) is 1. The van der Waals surface area contributed by atoms with Crippen LogP contribution in [0.25, 0.3) is 20.7 Å². The molecule has 162 valence electrons. The van der Waals surface area contributed by atoms with Gasteiger partial charge in [-0.3, -0.25) is 19.0 Å². The molecule has 0 radical (unpaired) electrons. The molecule has 0 spiro atoms. The van der Waals surface area contributed by atoms with Crippen LogP contribution in [-0.4, -0.2) is 21.2 Å². The number of ketones is 1. The predicted octanol–water partition coefficient (Wildman–Crippen LogP) is 5.06. The number of carbonyl (C=O) groups excluding carboxylic acids is 2. The maximum absolute atomic E-state index is 13.1. The van der Waals surface area contributed by atoms with E-state index >= 15 is 0 Å². The average molecular weight is 472 g/mol. The number of aromatic nitrogens is 2. The Morgan fingerprint density at radius 2 is 1.76 bits per heavy atom. The van der Waals surface area contributed by atoms with Crippen LogP contribution in [0.4, 0.5) is 5.69 Å². The number of benzene rings is 2. The van der Waals surface area contributed by atoms with Gasteiger partial charge in [0, 0.05) is 32.6 Å². The zero-order valence-electron chi connectivity index (χ0n) is 17.2. The van der Waals surface area contributed by atoms with Crippen molar-refractivity contribution >= 4 is 50.3 Å². The Morgan fingerprint density at radius 1 is 0.939 bits per heavy atom. The first-order valence-electron chi connectivity index (χ1n) is 10.1. The molecular formula is C25H17N3O3S2. The molecule has 3 aromatic heterocycles. The zero-order chi connectivity index (χ0) is 22.8. The summed E-state index contributed by atoms with van der Waals surface area (Å²) in [5.74, 6) is -0.508. The highest BCUT2D eigenvalue weighted by Crippen LogP contribution is 2.33. The quantitative estimate of drug-likeness (QED) is 0.351. The van der Waals surface area contributed by atoms with Crippen molar-refractivity contribution in [2.45, 2.75) is 6.54 Å². The van der Waals surface area contributed by atoms with Crippen LogP contribution in [0.1, 0.15) is 15.9 Å². The van der Waals surface area contributed by atoms with Crippen LogP contribution in [0.15, 0.2) is 88.6 Å². The SMILES string of the molecule is O=C(Cn1cnc2scc(-c3cccs3)c2c1=O)Nc1cccc(C(=O)c2ccccc2)c1. The molecule has 0 saturated carbocycles. The van der Waals surface area contributed by atoms with Crippen molar-refractivity contribution in [3.05, 3.63) is 105 Å². The van der Waals surface area contributed by atoms with E-state index in [4.69, 9.17) is 0 Å². The highest BCUT2D eigenvalue weighted by Gasteiger charge is 2.16. The molecule has 5 aromatic rings. The normalized spacial score (nSPS) is 10.9. The summed E-state index contributed by atoms with van der Waals surface area (Å²) in [7, 11) is 0. The standard InChI is InChI=1S/C25H17N3O3S2/c29-21(27-18-9-4-8-17(12-18)23(30)16-6-2-1-3-7-16)13-28-15-26-24-22(25(28)31)19(14-33-24)20-10-5-11-32-20/h1-12,14-15H,13H2,(H,27,29). The maximum Gasteiger partial charge on any atom is 0.263 e. The summed E-state index contributed by atoms with van der Waals surface area (Å²) in [6.45, 7) is -0.182. The van der Waals surface area contributed by atoms with Gasteiger partial charge >= 0.3 is 0 Å². The van der Waals surface area contributed by atoms with Gasteiger partial charge in [-0.15, -0.1) is 22.7 Å². The van der Waals surface area contributed by atoms with Gasteiger partial charge in [0.25, 0.3) is 5.56 Å².